The van der Waals surface area contributed by atoms with Crippen LogP contribution >= 0.6 is 0 Å². The van der Waals surface area contributed by atoms with E-state index in [-0.39, 0.29) is 0 Å². The van der Waals surface area contributed by atoms with Gasteiger partial charge >= 0.3 is 0 Å². The maximum absolute atomic E-state index is 5.58. The van der Waals surface area contributed by atoms with Gasteiger partial charge in [-0.15, -0.1) is 0 Å². The Hall–Kier alpha value is -0.970. The maximum atomic E-state index is 5.58. The molecule has 0 aliphatic carbocycles. The summed E-state index contributed by atoms with van der Waals surface area (Å²) in [5.41, 5.74) is 8.16. The van der Waals surface area contributed by atoms with Crippen LogP contribution in [0.5, 0.6) is 0 Å². The normalized spacial score (nSPS) is 18.4. The third-order valence-electron chi connectivity index (χ3n) is 3.70. The first kappa shape index (κ1) is 14.4. The van der Waals surface area contributed by atoms with Gasteiger partial charge in [0.25, 0.3) is 0 Å². The molecule has 0 saturated carbocycles. The summed E-state index contributed by atoms with van der Waals surface area (Å²) in [5.74, 6) is 0. The second-order valence-corrected chi connectivity index (χ2v) is 5.48. The highest BCUT2D eigenvalue weighted by molar-refractivity contribution is 5.16. The predicted molar refractivity (Wildman–Crippen MR) is 79.0 cm³/mol. The lowest BCUT2D eigenvalue weighted by Gasteiger charge is -2.21. The molecule has 1 fully saturated rings. The molecular formula is C15H26N4. The summed E-state index contributed by atoms with van der Waals surface area (Å²) in [7, 11) is 0. The molecule has 2 rings (SSSR count). The van der Waals surface area contributed by atoms with Gasteiger partial charge in [0, 0.05) is 32.0 Å². The van der Waals surface area contributed by atoms with Gasteiger partial charge in [-0.2, -0.15) is 0 Å². The molecule has 1 saturated heterocycles. The van der Waals surface area contributed by atoms with Crippen molar-refractivity contribution in [1.29, 1.82) is 0 Å². The van der Waals surface area contributed by atoms with Crippen molar-refractivity contribution in [2.75, 3.05) is 39.3 Å². The molecule has 1 aromatic rings. The third-order valence-corrected chi connectivity index (χ3v) is 3.70. The van der Waals surface area contributed by atoms with Gasteiger partial charge in [-0.05, 0) is 57.1 Å². The summed E-state index contributed by atoms with van der Waals surface area (Å²) in [6.45, 7) is 9.80. The van der Waals surface area contributed by atoms with Crippen LogP contribution in [-0.4, -0.2) is 54.1 Å². The van der Waals surface area contributed by atoms with Gasteiger partial charge in [-0.25, -0.2) is 0 Å². The van der Waals surface area contributed by atoms with Crippen molar-refractivity contribution in [2.24, 2.45) is 5.73 Å². The predicted octanol–water partition coefficient (Wildman–Crippen LogP) is 1.25. The van der Waals surface area contributed by atoms with Crippen molar-refractivity contribution >= 4 is 0 Å². The average Bonchev–Trinajstić information content (AvgIpc) is 2.62. The molecule has 106 valence electrons. The molecule has 0 radical (unpaired) electrons. The molecule has 0 spiro atoms. The molecule has 2 heterocycles. The molecule has 0 bridgehead atoms. The van der Waals surface area contributed by atoms with Crippen LogP contribution < -0.4 is 5.73 Å². The molecule has 1 aliphatic heterocycles. The quantitative estimate of drug-likeness (QED) is 0.867. The fraction of sp³-hybridized carbons (Fsp3) is 0.667. The monoisotopic (exact) mass is 262 g/mol. The van der Waals surface area contributed by atoms with Crippen molar-refractivity contribution in [2.45, 2.75) is 26.3 Å². The molecule has 0 unspecified atom stereocenters. The van der Waals surface area contributed by atoms with Crippen LogP contribution in [0.1, 0.15) is 24.0 Å². The highest BCUT2D eigenvalue weighted by atomic mass is 15.2. The number of rotatable bonds is 5. The zero-order valence-electron chi connectivity index (χ0n) is 12.0. The summed E-state index contributed by atoms with van der Waals surface area (Å²) in [5, 5.41) is 0. The Morgan fingerprint density at radius 2 is 1.95 bits per heavy atom. The fourth-order valence-corrected chi connectivity index (χ4v) is 2.68. The van der Waals surface area contributed by atoms with Gasteiger partial charge in [0.15, 0.2) is 0 Å². The van der Waals surface area contributed by atoms with E-state index in [1.165, 1.54) is 37.2 Å². The summed E-state index contributed by atoms with van der Waals surface area (Å²) >= 11 is 0. The summed E-state index contributed by atoms with van der Waals surface area (Å²) < 4.78 is 0. The molecular weight excluding hydrogens is 236 g/mol. The van der Waals surface area contributed by atoms with Gasteiger partial charge in [0.05, 0.1) is 0 Å². The van der Waals surface area contributed by atoms with Gasteiger partial charge in [0.1, 0.15) is 0 Å². The highest BCUT2D eigenvalue weighted by Crippen LogP contribution is 2.09. The van der Waals surface area contributed by atoms with Gasteiger partial charge < -0.3 is 10.6 Å². The lowest BCUT2D eigenvalue weighted by Crippen LogP contribution is -2.31. The van der Waals surface area contributed by atoms with Crippen LogP contribution in [0.3, 0.4) is 0 Å². The van der Waals surface area contributed by atoms with Crippen LogP contribution in [0.4, 0.5) is 0 Å². The summed E-state index contributed by atoms with van der Waals surface area (Å²) in [4.78, 5) is 9.36. The lowest BCUT2D eigenvalue weighted by molar-refractivity contribution is 0.250. The number of nitrogens with two attached hydrogens (primary N) is 1. The second-order valence-electron chi connectivity index (χ2n) is 5.48. The van der Waals surface area contributed by atoms with E-state index in [1.807, 2.05) is 12.4 Å². The fourth-order valence-electron chi connectivity index (χ4n) is 2.68. The van der Waals surface area contributed by atoms with E-state index in [9.17, 15) is 0 Å². The molecule has 19 heavy (non-hydrogen) atoms. The van der Waals surface area contributed by atoms with Crippen LogP contribution in [0.15, 0.2) is 18.5 Å². The zero-order valence-corrected chi connectivity index (χ0v) is 12.0. The van der Waals surface area contributed by atoms with E-state index in [2.05, 4.69) is 27.8 Å². The molecule has 1 aliphatic rings. The van der Waals surface area contributed by atoms with Crippen molar-refractivity contribution in [3.8, 4) is 0 Å². The van der Waals surface area contributed by atoms with Crippen molar-refractivity contribution in [3.05, 3.63) is 29.6 Å². The average molecular weight is 262 g/mol. The van der Waals surface area contributed by atoms with Crippen LogP contribution in [-0.2, 0) is 6.54 Å². The maximum Gasteiger partial charge on any atom is 0.0313 e. The SMILES string of the molecule is Cc1cncc(CN2CCCN(CCCN)CC2)c1. The Balaban J connectivity index is 1.82. The molecule has 0 amide bonds. The lowest BCUT2D eigenvalue weighted by atomic mass is 10.2. The van der Waals surface area contributed by atoms with Crippen LogP contribution in [0.2, 0.25) is 0 Å². The Labute approximate surface area is 116 Å². The van der Waals surface area contributed by atoms with E-state index in [1.54, 1.807) is 0 Å². The Morgan fingerprint density at radius 1 is 1.16 bits per heavy atom. The number of aryl methyl sites for hydroxylation is 1. The first-order valence-corrected chi connectivity index (χ1v) is 7.33. The van der Waals surface area contributed by atoms with E-state index < -0.39 is 0 Å². The zero-order chi connectivity index (χ0) is 13.5. The molecule has 2 N–H and O–H groups in total. The largest absolute Gasteiger partial charge is 0.330 e. The van der Waals surface area contributed by atoms with Crippen LogP contribution in [0, 0.1) is 6.92 Å². The van der Waals surface area contributed by atoms with Crippen LogP contribution in [0.25, 0.3) is 0 Å². The molecule has 1 aromatic heterocycles. The third kappa shape index (κ3) is 4.90. The van der Waals surface area contributed by atoms with E-state index in [0.717, 1.165) is 32.6 Å². The highest BCUT2D eigenvalue weighted by Gasteiger charge is 2.14. The molecule has 4 heteroatoms. The standard InChI is InChI=1S/C15H26N4/c1-14-10-15(12-17-11-14)13-19-7-3-6-18(8-9-19)5-2-4-16/h10-12H,2-9,13,16H2,1H3. The van der Waals surface area contributed by atoms with E-state index in [4.69, 9.17) is 5.73 Å². The topological polar surface area (TPSA) is 45.4 Å². The molecule has 0 aromatic carbocycles. The van der Waals surface area contributed by atoms with Gasteiger partial charge in [-0.3, -0.25) is 9.88 Å². The number of pyridine rings is 1. The smallest absolute Gasteiger partial charge is 0.0313 e. The molecule has 4 nitrogen and oxygen atoms in total. The first-order chi connectivity index (χ1) is 9.28. The minimum atomic E-state index is 0.801. The van der Waals surface area contributed by atoms with E-state index >= 15 is 0 Å². The van der Waals surface area contributed by atoms with E-state index in [0.29, 0.717) is 0 Å². The van der Waals surface area contributed by atoms with Crippen molar-refractivity contribution in [3.63, 3.8) is 0 Å². The second kappa shape index (κ2) is 7.58. The van der Waals surface area contributed by atoms with Crippen molar-refractivity contribution in [1.82, 2.24) is 14.8 Å². The Morgan fingerprint density at radius 3 is 2.74 bits per heavy atom. The van der Waals surface area contributed by atoms with Gasteiger partial charge in [-0.1, -0.05) is 6.07 Å². The summed E-state index contributed by atoms with van der Waals surface area (Å²) in [6, 6.07) is 2.24. The van der Waals surface area contributed by atoms with Crippen molar-refractivity contribution < 1.29 is 0 Å². The number of hydrogen-bond acceptors (Lipinski definition) is 4. The Kier molecular flexibility index (Phi) is 5.76. The van der Waals surface area contributed by atoms with Gasteiger partial charge in [0.2, 0.25) is 0 Å². The number of hydrogen-bond donors (Lipinski definition) is 1. The first-order valence-electron chi connectivity index (χ1n) is 7.33. The minimum absolute atomic E-state index is 0.801. The minimum Gasteiger partial charge on any atom is -0.330 e. The molecule has 0 atom stereocenters. The summed E-state index contributed by atoms with van der Waals surface area (Å²) in [6.07, 6.45) is 6.27. The number of aromatic nitrogens is 1. The number of nitrogens with zero attached hydrogens (tertiary/aromatic N) is 3. The Bertz CT molecular complexity index is 380.